The van der Waals surface area contributed by atoms with Gasteiger partial charge in [-0.2, -0.15) is 10.4 Å². The van der Waals surface area contributed by atoms with Gasteiger partial charge in [-0.15, -0.1) is 0 Å². The number of H-pyrrole nitrogens is 1. The van der Waals surface area contributed by atoms with Gasteiger partial charge in [0.25, 0.3) is 5.69 Å². The fourth-order valence-corrected chi connectivity index (χ4v) is 3.16. The molecular weight excluding hydrogens is 311 g/mol. The van der Waals surface area contributed by atoms with E-state index in [4.69, 9.17) is 14.3 Å². The molecule has 0 amide bonds. The Kier molecular flexibility index (Phi) is 4.37. The van der Waals surface area contributed by atoms with E-state index in [0.717, 1.165) is 0 Å². The number of nitriles is 1. The molecule has 114 valence electrons. The van der Waals surface area contributed by atoms with Gasteiger partial charge in [-0.05, 0) is 6.07 Å². The van der Waals surface area contributed by atoms with Crippen molar-refractivity contribution in [1.29, 1.82) is 5.26 Å². The van der Waals surface area contributed by atoms with Gasteiger partial charge in [0.1, 0.15) is 6.07 Å². The van der Waals surface area contributed by atoms with Crippen molar-refractivity contribution in [2.45, 2.75) is 0 Å². The zero-order chi connectivity index (χ0) is 16.3. The molecule has 0 spiro atoms. The summed E-state index contributed by atoms with van der Waals surface area (Å²) in [5, 5.41) is 26.5. The first-order chi connectivity index (χ1) is 10.5. The Hall–Kier alpha value is -2.53. The van der Waals surface area contributed by atoms with E-state index in [1.807, 2.05) is 0 Å². The average molecular weight is 322 g/mol. The molecule has 1 aromatic heterocycles. The van der Waals surface area contributed by atoms with Crippen molar-refractivity contribution in [3.8, 4) is 17.2 Å². The van der Waals surface area contributed by atoms with Gasteiger partial charge in [0.05, 0.1) is 16.1 Å². The number of aromatic nitrogens is 2. The summed E-state index contributed by atoms with van der Waals surface area (Å²) in [7, 11) is -1.44. The second-order valence-electron chi connectivity index (χ2n) is 4.04. The Bertz CT molecular complexity index is 802. The molecular formula is C12H11N4O5P. The summed E-state index contributed by atoms with van der Waals surface area (Å²) in [4.78, 5) is 10.6. The molecule has 0 aliphatic heterocycles. The van der Waals surface area contributed by atoms with Gasteiger partial charge in [-0.25, -0.2) is 0 Å². The van der Waals surface area contributed by atoms with Crippen LogP contribution in [0.25, 0.3) is 11.1 Å². The van der Waals surface area contributed by atoms with Crippen LogP contribution in [0.4, 0.5) is 5.69 Å². The van der Waals surface area contributed by atoms with E-state index in [1.165, 1.54) is 32.4 Å². The number of para-hydroxylation sites is 1. The third-order valence-corrected chi connectivity index (χ3v) is 4.81. The van der Waals surface area contributed by atoms with Gasteiger partial charge in [0, 0.05) is 20.3 Å². The van der Waals surface area contributed by atoms with Crippen LogP contribution in [-0.2, 0) is 13.6 Å². The Morgan fingerprint density at radius 2 is 2.00 bits per heavy atom. The van der Waals surface area contributed by atoms with Crippen molar-refractivity contribution in [2.24, 2.45) is 0 Å². The average Bonchev–Trinajstić information content (AvgIpc) is 2.98. The predicted molar refractivity (Wildman–Crippen MR) is 76.7 cm³/mol. The molecule has 0 saturated heterocycles. The lowest BCUT2D eigenvalue weighted by atomic mass is 10.0. The molecule has 10 heteroatoms. The van der Waals surface area contributed by atoms with Gasteiger partial charge >= 0.3 is 7.60 Å². The number of hydrogen-bond acceptors (Lipinski definition) is 7. The van der Waals surface area contributed by atoms with Gasteiger partial charge in [-0.3, -0.25) is 19.8 Å². The van der Waals surface area contributed by atoms with Crippen LogP contribution in [0.3, 0.4) is 0 Å². The molecule has 0 aliphatic carbocycles. The van der Waals surface area contributed by atoms with Crippen LogP contribution < -0.4 is 5.44 Å². The Labute approximate surface area is 125 Å². The minimum absolute atomic E-state index is 0.0295. The molecule has 1 aromatic carbocycles. The number of nitrogens with one attached hydrogen (secondary N) is 1. The summed E-state index contributed by atoms with van der Waals surface area (Å²) in [6, 6.07) is 7.56. The SMILES string of the molecule is COP(=O)(OC)c1[nH]nc(C#N)c1-c1ccccc1[N+](=O)[O-]. The highest BCUT2D eigenvalue weighted by atomic mass is 31.2. The maximum absolute atomic E-state index is 12.6. The normalized spacial score (nSPS) is 11.1. The summed E-state index contributed by atoms with van der Waals surface area (Å²) in [5.41, 5.74) is -0.369. The van der Waals surface area contributed by atoms with Crippen molar-refractivity contribution in [3.05, 3.63) is 40.1 Å². The van der Waals surface area contributed by atoms with Crippen LogP contribution in [0.5, 0.6) is 0 Å². The zero-order valence-corrected chi connectivity index (χ0v) is 12.5. The lowest BCUT2D eigenvalue weighted by Crippen LogP contribution is -2.12. The van der Waals surface area contributed by atoms with Crippen molar-refractivity contribution in [3.63, 3.8) is 0 Å². The highest BCUT2D eigenvalue weighted by molar-refractivity contribution is 7.62. The van der Waals surface area contributed by atoms with Crippen LogP contribution in [0.1, 0.15) is 5.69 Å². The molecule has 0 atom stereocenters. The maximum atomic E-state index is 12.6. The van der Waals surface area contributed by atoms with Gasteiger partial charge in [0.15, 0.2) is 11.1 Å². The molecule has 0 saturated carbocycles. The maximum Gasteiger partial charge on any atom is 0.379 e. The molecule has 1 N–H and O–H groups in total. The number of hydrogen-bond donors (Lipinski definition) is 1. The Balaban J connectivity index is 2.82. The molecule has 0 unspecified atom stereocenters. The Morgan fingerprint density at radius 1 is 1.36 bits per heavy atom. The number of benzene rings is 1. The zero-order valence-electron chi connectivity index (χ0n) is 11.6. The van der Waals surface area contributed by atoms with Gasteiger partial charge in [0.2, 0.25) is 0 Å². The third kappa shape index (κ3) is 2.51. The summed E-state index contributed by atoms with van der Waals surface area (Å²) in [6.07, 6.45) is 0. The standard InChI is InChI=1S/C12H11N4O5P/c1-20-22(19,21-2)12-11(9(7-13)14-15-12)8-5-3-4-6-10(8)16(17)18/h3-6H,1-2H3,(H,14,15). The number of aromatic amines is 1. The lowest BCUT2D eigenvalue weighted by Gasteiger charge is -2.13. The molecule has 0 aliphatic rings. The number of nitro benzene ring substituents is 1. The Morgan fingerprint density at radius 3 is 2.55 bits per heavy atom. The van der Waals surface area contributed by atoms with E-state index in [9.17, 15) is 14.7 Å². The quantitative estimate of drug-likeness (QED) is 0.505. The number of nitro groups is 1. The third-order valence-electron chi connectivity index (χ3n) is 2.98. The van der Waals surface area contributed by atoms with E-state index < -0.39 is 12.5 Å². The van der Waals surface area contributed by atoms with Crippen molar-refractivity contribution >= 4 is 18.7 Å². The first-order valence-corrected chi connectivity index (χ1v) is 7.47. The van der Waals surface area contributed by atoms with E-state index >= 15 is 0 Å². The first-order valence-electron chi connectivity index (χ1n) is 5.92. The lowest BCUT2D eigenvalue weighted by molar-refractivity contribution is -0.384. The molecule has 9 nitrogen and oxygen atoms in total. The minimum atomic E-state index is -3.77. The van der Waals surface area contributed by atoms with E-state index in [0.29, 0.717) is 0 Å². The summed E-state index contributed by atoms with van der Waals surface area (Å²) in [6.45, 7) is 0. The highest BCUT2D eigenvalue weighted by Gasteiger charge is 2.35. The first kappa shape index (κ1) is 15.9. The van der Waals surface area contributed by atoms with E-state index in [-0.39, 0.29) is 27.9 Å². The summed E-state index contributed by atoms with van der Waals surface area (Å²) in [5.74, 6) is 0. The van der Waals surface area contributed by atoms with Crippen LogP contribution in [-0.4, -0.2) is 29.3 Å². The molecule has 0 fully saturated rings. The molecule has 22 heavy (non-hydrogen) atoms. The molecule has 2 aromatic rings. The topological polar surface area (TPSA) is 131 Å². The molecule has 2 rings (SSSR count). The van der Waals surface area contributed by atoms with Crippen LogP contribution in [0.2, 0.25) is 0 Å². The van der Waals surface area contributed by atoms with E-state index in [1.54, 1.807) is 12.1 Å². The summed E-state index contributed by atoms with van der Waals surface area (Å²) < 4.78 is 22.3. The monoisotopic (exact) mass is 322 g/mol. The van der Waals surface area contributed by atoms with Crippen molar-refractivity contribution < 1.29 is 18.5 Å². The second-order valence-corrected chi connectivity index (χ2v) is 6.22. The molecule has 0 radical (unpaired) electrons. The van der Waals surface area contributed by atoms with Crippen LogP contribution in [0.15, 0.2) is 24.3 Å². The summed E-state index contributed by atoms with van der Waals surface area (Å²) >= 11 is 0. The van der Waals surface area contributed by atoms with Crippen molar-refractivity contribution in [1.82, 2.24) is 10.2 Å². The van der Waals surface area contributed by atoms with Crippen LogP contribution >= 0.6 is 7.60 Å². The van der Waals surface area contributed by atoms with E-state index in [2.05, 4.69) is 10.2 Å². The minimum Gasteiger partial charge on any atom is -0.308 e. The fourth-order valence-electron chi connectivity index (χ4n) is 1.97. The smallest absolute Gasteiger partial charge is 0.308 e. The highest BCUT2D eigenvalue weighted by Crippen LogP contribution is 2.48. The van der Waals surface area contributed by atoms with Crippen molar-refractivity contribution in [2.75, 3.05) is 14.2 Å². The second kappa shape index (κ2) is 6.07. The number of rotatable bonds is 5. The number of nitrogens with zero attached hydrogens (tertiary/aromatic N) is 3. The fraction of sp³-hybridized carbons (Fsp3) is 0.167. The van der Waals surface area contributed by atoms with Crippen LogP contribution in [0, 0.1) is 21.4 Å². The predicted octanol–water partition coefficient (Wildman–Crippen LogP) is 1.97. The molecule has 0 bridgehead atoms. The molecule has 1 heterocycles. The van der Waals surface area contributed by atoms with Gasteiger partial charge in [-0.1, -0.05) is 12.1 Å². The van der Waals surface area contributed by atoms with Gasteiger partial charge < -0.3 is 9.05 Å². The largest absolute Gasteiger partial charge is 0.379 e.